The number of hydrogen-bond acceptors (Lipinski definition) is 3. The minimum atomic E-state index is -0.121. The van der Waals surface area contributed by atoms with E-state index in [0.29, 0.717) is 12.5 Å². The van der Waals surface area contributed by atoms with Crippen molar-refractivity contribution in [1.82, 2.24) is 4.90 Å². The Kier molecular flexibility index (Phi) is 3.44. The van der Waals surface area contributed by atoms with Crippen LogP contribution in [0.3, 0.4) is 0 Å². The lowest BCUT2D eigenvalue weighted by molar-refractivity contribution is -0.164. The maximum absolute atomic E-state index is 5.69. The van der Waals surface area contributed by atoms with Crippen LogP contribution in [0.4, 0.5) is 0 Å². The van der Waals surface area contributed by atoms with E-state index in [-0.39, 0.29) is 12.5 Å². The number of piperidine rings is 1. The summed E-state index contributed by atoms with van der Waals surface area (Å²) in [5, 5.41) is 0. The van der Waals surface area contributed by atoms with E-state index in [1.165, 1.54) is 19.3 Å². The molecule has 0 amide bonds. The zero-order chi connectivity index (χ0) is 9.10. The molecule has 2 saturated heterocycles. The van der Waals surface area contributed by atoms with Crippen LogP contribution in [-0.2, 0) is 9.47 Å². The summed E-state index contributed by atoms with van der Waals surface area (Å²) >= 11 is 5.69. The SMILES string of the molecule is ClCC1COC(N2CCCCC2)O1. The highest BCUT2D eigenvalue weighted by molar-refractivity contribution is 6.18. The summed E-state index contributed by atoms with van der Waals surface area (Å²) in [6.07, 6.45) is 3.82. The Morgan fingerprint density at radius 2 is 2.00 bits per heavy atom. The van der Waals surface area contributed by atoms with Crippen molar-refractivity contribution in [3.63, 3.8) is 0 Å². The van der Waals surface area contributed by atoms with Gasteiger partial charge in [0.1, 0.15) is 0 Å². The number of likely N-dealkylation sites (tertiary alicyclic amines) is 1. The van der Waals surface area contributed by atoms with Gasteiger partial charge < -0.3 is 9.47 Å². The van der Waals surface area contributed by atoms with Crippen LogP contribution in [0, 0.1) is 0 Å². The monoisotopic (exact) mass is 205 g/mol. The highest BCUT2D eigenvalue weighted by atomic mass is 35.5. The van der Waals surface area contributed by atoms with Crippen molar-refractivity contribution in [2.45, 2.75) is 31.8 Å². The molecule has 4 heteroatoms. The summed E-state index contributed by atoms with van der Waals surface area (Å²) in [4.78, 5) is 2.26. The van der Waals surface area contributed by atoms with Crippen molar-refractivity contribution in [3.8, 4) is 0 Å². The summed E-state index contributed by atoms with van der Waals surface area (Å²) in [6, 6.07) is 0. The van der Waals surface area contributed by atoms with Crippen molar-refractivity contribution in [3.05, 3.63) is 0 Å². The van der Waals surface area contributed by atoms with E-state index in [9.17, 15) is 0 Å². The summed E-state index contributed by atoms with van der Waals surface area (Å²) in [7, 11) is 0. The number of nitrogens with zero attached hydrogens (tertiary/aromatic N) is 1. The van der Waals surface area contributed by atoms with E-state index < -0.39 is 0 Å². The van der Waals surface area contributed by atoms with E-state index >= 15 is 0 Å². The molecule has 0 N–H and O–H groups in total. The van der Waals surface area contributed by atoms with Gasteiger partial charge in [-0.1, -0.05) is 6.42 Å². The second kappa shape index (κ2) is 4.60. The topological polar surface area (TPSA) is 21.7 Å². The van der Waals surface area contributed by atoms with Gasteiger partial charge >= 0.3 is 0 Å². The molecule has 0 radical (unpaired) electrons. The fourth-order valence-electron chi connectivity index (χ4n) is 1.83. The standard InChI is InChI=1S/C9H16ClNO2/c10-6-8-7-12-9(13-8)11-4-2-1-3-5-11/h8-9H,1-7H2. The molecule has 2 heterocycles. The number of halogens is 1. The zero-order valence-electron chi connectivity index (χ0n) is 7.75. The second-order valence-corrected chi connectivity index (χ2v) is 3.96. The molecule has 2 atom stereocenters. The average molecular weight is 206 g/mol. The van der Waals surface area contributed by atoms with Crippen molar-refractivity contribution >= 4 is 11.6 Å². The van der Waals surface area contributed by atoms with Crippen LogP contribution in [0.1, 0.15) is 19.3 Å². The first-order chi connectivity index (χ1) is 6.40. The third-order valence-corrected chi connectivity index (χ3v) is 2.94. The highest BCUT2D eigenvalue weighted by Gasteiger charge is 2.30. The molecule has 0 aromatic carbocycles. The summed E-state index contributed by atoms with van der Waals surface area (Å²) in [5.74, 6) is 0.532. The molecule has 2 aliphatic rings. The fourth-order valence-corrected chi connectivity index (χ4v) is 2.00. The first-order valence-electron chi connectivity index (χ1n) is 4.97. The first-order valence-corrected chi connectivity index (χ1v) is 5.50. The molecular formula is C9H16ClNO2. The normalized spacial score (nSPS) is 36.7. The molecule has 13 heavy (non-hydrogen) atoms. The van der Waals surface area contributed by atoms with Crippen LogP contribution >= 0.6 is 11.6 Å². The Morgan fingerprint density at radius 3 is 2.62 bits per heavy atom. The third-order valence-electron chi connectivity index (χ3n) is 2.59. The van der Waals surface area contributed by atoms with E-state index in [4.69, 9.17) is 21.1 Å². The lowest BCUT2D eigenvalue weighted by Gasteiger charge is -2.30. The molecule has 2 fully saturated rings. The molecule has 0 saturated carbocycles. The third kappa shape index (κ3) is 2.34. The largest absolute Gasteiger partial charge is 0.337 e. The molecule has 0 aromatic heterocycles. The molecule has 0 aromatic rings. The first kappa shape index (κ1) is 9.71. The number of ether oxygens (including phenoxy) is 2. The molecular weight excluding hydrogens is 190 g/mol. The fraction of sp³-hybridized carbons (Fsp3) is 1.00. The van der Waals surface area contributed by atoms with Crippen LogP contribution < -0.4 is 0 Å². The lowest BCUT2D eigenvalue weighted by Crippen LogP contribution is -2.40. The van der Waals surface area contributed by atoms with Gasteiger partial charge in [-0.2, -0.15) is 0 Å². The van der Waals surface area contributed by atoms with Gasteiger partial charge in [-0.05, 0) is 12.8 Å². The molecule has 3 nitrogen and oxygen atoms in total. The molecule has 2 aliphatic heterocycles. The summed E-state index contributed by atoms with van der Waals surface area (Å²) in [5.41, 5.74) is 0. The van der Waals surface area contributed by atoms with Gasteiger partial charge in [0.25, 0.3) is 0 Å². The van der Waals surface area contributed by atoms with E-state index in [2.05, 4.69) is 4.90 Å². The van der Waals surface area contributed by atoms with Crippen LogP contribution in [0.15, 0.2) is 0 Å². The van der Waals surface area contributed by atoms with E-state index in [1.54, 1.807) is 0 Å². The summed E-state index contributed by atoms with van der Waals surface area (Å²) in [6.45, 7) is 2.84. The number of hydrogen-bond donors (Lipinski definition) is 0. The molecule has 76 valence electrons. The van der Waals surface area contributed by atoms with Crippen molar-refractivity contribution < 1.29 is 9.47 Å². The van der Waals surface area contributed by atoms with Crippen LogP contribution in [0.25, 0.3) is 0 Å². The van der Waals surface area contributed by atoms with Gasteiger partial charge in [0.15, 0.2) is 0 Å². The Morgan fingerprint density at radius 1 is 1.23 bits per heavy atom. The Bertz CT molecular complexity index is 162. The predicted molar refractivity (Wildman–Crippen MR) is 50.8 cm³/mol. The molecule has 0 bridgehead atoms. The van der Waals surface area contributed by atoms with Crippen LogP contribution in [0.5, 0.6) is 0 Å². The summed E-state index contributed by atoms with van der Waals surface area (Å²) < 4.78 is 11.1. The second-order valence-electron chi connectivity index (χ2n) is 3.65. The van der Waals surface area contributed by atoms with Crippen LogP contribution in [-0.4, -0.2) is 43.0 Å². The Hall–Kier alpha value is 0.170. The zero-order valence-corrected chi connectivity index (χ0v) is 8.50. The number of rotatable bonds is 2. The van der Waals surface area contributed by atoms with Gasteiger partial charge in [-0.25, -0.2) is 0 Å². The highest BCUT2D eigenvalue weighted by Crippen LogP contribution is 2.20. The lowest BCUT2D eigenvalue weighted by atomic mass is 10.1. The minimum Gasteiger partial charge on any atom is -0.337 e. The minimum absolute atomic E-state index is 0.0913. The van der Waals surface area contributed by atoms with Gasteiger partial charge in [0.05, 0.1) is 18.6 Å². The van der Waals surface area contributed by atoms with Crippen molar-refractivity contribution in [1.29, 1.82) is 0 Å². The van der Waals surface area contributed by atoms with E-state index in [0.717, 1.165) is 13.1 Å². The van der Waals surface area contributed by atoms with Gasteiger partial charge in [0, 0.05) is 13.1 Å². The number of alkyl halides is 1. The van der Waals surface area contributed by atoms with Crippen LogP contribution in [0.2, 0.25) is 0 Å². The molecule has 0 spiro atoms. The quantitative estimate of drug-likeness (QED) is 0.637. The predicted octanol–water partition coefficient (Wildman–Crippen LogP) is 1.41. The van der Waals surface area contributed by atoms with Gasteiger partial charge in [-0.3, -0.25) is 4.90 Å². The Labute approximate surface area is 83.9 Å². The maximum atomic E-state index is 5.69. The Balaban J connectivity index is 1.80. The average Bonchev–Trinajstić information content (AvgIpc) is 2.67. The molecule has 2 unspecified atom stereocenters. The van der Waals surface area contributed by atoms with E-state index in [1.807, 2.05) is 0 Å². The maximum Gasteiger partial charge on any atom is 0.219 e. The van der Waals surface area contributed by atoms with Gasteiger partial charge in [-0.15, -0.1) is 11.6 Å². The van der Waals surface area contributed by atoms with Crippen molar-refractivity contribution in [2.24, 2.45) is 0 Å². The van der Waals surface area contributed by atoms with Crippen molar-refractivity contribution in [2.75, 3.05) is 25.6 Å². The van der Waals surface area contributed by atoms with Gasteiger partial charge in [0.2, 0.25) is 6.41 Å². The molecule has 2 rings (SSSR count). The molecule has 0 aliphatic carbocycles. The smallest absolute Gasteiger partial charge is 0.219 e.